The molecule has 0 aliphatic rings. The molecule has 2 aromatic carbocycles. The van der Waals surface area contributed by atoms with Crippen LogP contribution in [0.4, 0.5) is 0 Å². The molecule has 230 valence electrons. The van der Waals surface area contributed by atoms with Gasteiger partial charge >= 0.3 is 13.8 Å². The molecule has 0 aliphatic carbocycles. The number of ether oxygens (including phenoxy) is 3. The van der Waals surface area contributed by atoms with Gasteiger partial charge in [-0.2, -0.15) is 0 Å². The lowest BCUT2D eigenvalue weighted by Gasteiger charge is -2.20. The predicted molar refractivity (Wildman–Crippen MR) is 159 cm³/mol. The van der Waals surface area contributed by atoms with Crippen LogP contribution in [0.25, 0.3) is 0 Å². The monoisotopic (exact) mass is 593 g/mol. The summed E-state index contributed by atoms with van der Waals surface area (Å²) in [6.07, 6.45) is 7.33. The topological polar surface area (TPSA) is 127 Å². The first-order valence-corrected chi connectivity index (χ1v) is 16.3. The molecular weight excluding hydrogens is 545 g/mol. The van der Waals surface area contributed by atoms with Gasteiger partial charge in [-0.1, -0.05) is 99.7 Å². The third kappa shape index (κ3) is 16.2. The van der Waals surface area contributed by atoms with Crippen molar-refractivity contribution < 1.29 is 37.5 Å². The Morgan fingerprint density at radius 1 is 0.805 bits per heavy atom. The predicted octanol–water partition coefficient (Wildman–Crippen LogP) is 6.34. The van der Waals surface area contributed by atoms with Gasteiger partial charge in [0.25, 0.3) is 0 Å². The molecule has 0 heterocycles. The summed E-state index contributed by atoms with van der Waals surface area (Å²) in [4.78, 5) is 22.5. The Hall–Kier alpha value is -2.10. The number of carbonyl (C=O) groups is 1. The number of hydrogen-bond acceptors (Lipinski definition) is 8. The average molecular weight is 594 g/mol. The zero-order valence-electron chi connectivity index (χ0n) is 24.4. The van der Waals surface area contributed by atoms with E-state index in [1.54, 1.807) is 0 Å². The highest BCUT2D eigenvalue weighted by molar-refractivity contribution is 7.47. The normalized spacial score (nSPS) is 13.7. The molecule has 1 unspecified atom stereocenters. The number of benzene rings is 2. The molecule has 2 rings (SSSR count). The van der Waals surface area contributed by atoms with Gasteiger partial charge in [-0.25, -0.2) is 4.57 Å². The number of hydrogen-bond donors (Lipinski definition) is 2. The molecule has 0 aromatic heterocycles. The summed E-state index contributed by atoms with van der Waals surface area (Å²) in [5, 5.41) is 0. The molecule has 0 bridgehead atoms. The summed E-state index contributed by atoms with van der Waals surface area (Å²) in [5.74, 6) is -0.289. The summed E-state index contributed by atoms with van der Waals surface area (Å²) < 4.78 is 39.4. The number of phosphoric acid groups is 1. The minimum Gasteiger partial charge on any atom is -0.453 e. The van der Waals surface area contributed by atoms with E-state index in [4.69, 9.17) is 29.0 Å². The van der Waals surface area contributed by atoms with E-state index in [0.717, 1.165) is 24.0 Å². The number of rotatable bonds is 24. The van der Waals surface area contributed by atoms with Crippen molar-refractivity contribution in [1.82, 2.24) is 0 Å². The first-order valence-electron chi connectivity index (χ1n) is 14.8. The fraction of sp³-hybridized carbons (Fsp3) is 0.581. The van der Waals surface area contributed by atoms with Crippen molar-refractivity contribution in [1.29, 1.82) is 0 Å². The van der Waals surface area contributed by atoms with Gasteiger partial charge in [0.2, 0.25) is 0 Å². The van der Waals surface area contributed by atoms with E-state index in [-0.39, 0.29) is 38.8 Å². The Morgan fingerprint density at radius 3 is 2.05 bits per heavy atom. The largest absolute Gasteiger partial charge is 0.472 e. The summed E-state index contributed by atoms with van der Waals surface area (Å²) in [6, 6.07) is 19.3. The highest BCUT2D eigenvalue weighted by Crippen LogP contribution is 2.43. The van der Waals surface area contributed by atoms with Gasteiger partial charge < -0.3 is 24.8 Å². The maximum Gasteiger partial charge on any atom is 0.472 e. The molecule has 9 nitrogen and oxygen atoms in total. The van der Waals surface area contributed by atoms with Crippen LogP contribution < -0.4 is 5.73 Å². The molecule has 0 saturated carbocycles. The molecule has 2 atom stereocenters. The number of esters is 1. The van der Waals surface area contributed by atoms with Crippen molar-refractivity contribution in [3.8, 4) is 0 Å². The van der Waals surface area contributed by atoms with Gasteiger partial charge in [0.15, 0.2) is 6.10 Å². The Morgan fingerprint density at radius 2 is 1.41 bits per heavy atom. The standard InChI is InChI=1S/C31H48NO8P/c1-2-3-4-5-6-14-22-36-25-29(26-39-41(34,35)38-24-21-32)37-23-15-13-20-30(33)40-31(27-16-9-7-10-17-27)28-18-11-8-12-19-28/h7-12,16-19,29,31H,2-6,13-15,20-26,32H2,1H3,(H,34,35)/t29-/m1/s1. The fourth-order valence-electron chi connectivity index (χ4n) is 4.12. The van der Waals surface area contributed by atoms with Crippen molar-refractivity contribution in [2.24, 2.45) is 5.73 Å². The third-order valence-electron chi connectivity index (χ3n) is 6.32. The minimum absolute atomic E-state index is 0.0840. The number of phosphoric ester groups is 1. The van der Waals surface area contributed by atoms with Crippen LogP contribution in [0, 0.1) is 0 Å². The molecule has 41 heavy (non-hydrogen) atoms. The van der Waals surface area contributed by atoms with Crippen molar-refractivity contribution in [2.75, 3.05) is 39.6 Å². The van der Waals surface area contributed by atoms with E-state index in [1.807, 2.05) is 60.7 Å². The van der Waals surface area contributed by atoms with Gasteiger partial charge in [-0.3, -0.25) is 13.8 Å². The van der Waals surface area contributed by atoms with E-state index in [1.165, 1.54) is 25.7 Å². The van der Waals surface area contributed by atoms with Crippen LogP contribution in [0.5, 0.6) is 0 Å². The number of unbranched alkanes of at least 4 members (excludes halogenated alkanes) is 6. The van der Waals surface area contributed by atoms with Gasteiger partial charge in [0.05, 0.1) is 19.8 Å². The van der Waals surface area contributed by atoms with E-state index >= 15 is 0 Å². The number of carbonyl (C=O) groups excluding carboxylic acids is 1. The van der Waals surface area contributed by atoms with Crippen molar-refractivity contribution in [3.63, 3.8) is 0 Å². The molecule has 3 N–H and O–H groups in total. The van der Waals surface area contributed by atoms with Crippen LogP contribution in [0.1, 0.15) is 81.9 Å². The molecule has 0 radical (unpaired) electrons. The summed E-state index contributed by atoms with van der Waals surface area (Å²) in [7, 11) is -4.22. The fourth-order valence-corrected chi connectivity index (χ4v) is 4.89. The maximum absolute atomic E-state index is 12.7. The first-order chi connectivity index (χ1) is 19.9. The van der Waals surface area contributed by atoms with Gasteiger partial charge in [0, 0.05) is 26.2 Å². The van der Waals surface area contributed by atoms with Crippen LogP contribution in [0.3, 0.4) is 0 Å². The molecule has 10 heteroatoms. The second kappa shape index (κ2) is 21.6. The maximum atomic E-state index is 12.7. The molecule has 0 saturated heterocycles. The smallest absolute Gasteiger partial charge is 0.453 e. The SMILES string of the molecule is CCCCCCCCOC[C@H](COP(=O)(O)OCCN)OCCCCC(=O)OC(c1ccccc1)c1ccccc1. The van der Waals surface area contributed by atoms with E-state index in [0.29, 0.717) is 26.1 Å². The Kier molecular flexibility index (Phi) is 18.5. The Balaban J connectivity index is 1.77. The highest BCUT2D eigenvalue weighted by atomic mass is 31.2. The quantitative estimate of drug-likeness (QED) is 0.0814. The summed E-state index contributed by atoms with van der Waals surface area (Å²) in [6.45, 7) is 3.20. The Labute approximate surface area is 245 Å². The first kappa shape index (κ1) is 35.1. The minimum atomic E-state index is -4.22. The van der Waals surface area contributed by atoms with Crippen LogP contribution in [-0.4, -0.2) is 56.5 Å². The summed E-state index contributed by atoms with van der Waals surface area (Å²) >= 11 is 0. The zero-order chi connectivity index (χ0) is 29.6. The zero-order valence-corrected chi connectivity index (χ0v) is 25.3. The van der Waals surface area contributed by atoms with Crippen LogP contribution in [0.2, 0.25) is 0 Å². The van der Waals surface area contributed by atoms with Gasteiger partial charge in [-0.05, 0) is 30.4 Å². The van der Waals surface area contributed by atoms with Gasteiger partial charge in [-0.15, -0.1) is 0 Å². The van der Waals surface area contributed by atoms with Crippen molar-refractivity contribution >= 4 is 13.8 Å². The summed E-state index contributed by atoms with van der Waals surface area (Å²) in [5.41, 5.74) is 7.16. The van der Waals surface area contributed by atoms with E-state index in [9.17, 15) is 14.3 Å². The lowest BCUT2D eigenvalue weighted by molar-refractivity contribution is -0.147. The van der Waals surface area contributed by atoms with Crippen LogP contribution in [-0.2, 0) is 32.6 Å². The molecular formula is C31H48NO8P. The molecule has 0 aliphatic heterocycles. The molecule has 0 fully saturated rings. The number of nitrogens with two attached hydrogens (primary N) is 1. The highest BCUT2D eigenvalue weighted by Gasteiger charge is 2.24. The molecule has 2 aromatic rings. The van der Waals surface area contributed by atoms with Gasteiger partial charge in [0.1, 0.15) is 6.10 Å². The lowest BCUT2D eigenvalue weighted by Crippen LogP contribution is -2.26. The van der Waals surface area contributed by atoms with Crippen molar-refractivity contribution in [2.45, 2.75) is 76.9 Å². The molecule has 0 spiro atoms. The van der Waals surface area contributed by atoms with E-state index in [2.05, 4.69) is 6.92 Å². The Bertz CT molecular complexity index is 939. The van der Waals surface area contributed by atoms with Crippen LogP contribution >= 0.6 is 7.82 Å². The third-order valence-corrected chi connectivity index (χ3v) is 7.31. The molecule has 0 amide bonds. The second-order valence-electron chi connectivity index (χ2n) is 9.87. The van der Waals surface area contributed by atoms with E-state index < -0.39 is 20.0 Å². The van der Waals surface area contributed by atoms with Crippen LogP contribution in [0.15, 0.2) is 60.7 Å². The lowest BCUT2D eigenvalue weighted by atomic mass is 10.0. The second-order valence-corrected chi connectivity index (χ2v) is 11.3. The van der Waals surface area contributed by atoms with Crippen molar-refractivity contribution in [3.05, 3.63) is 71.8 Å². The average Bonchev–Trinajstić information content (AvgIpc) is 2.99.